The van der Waals surface area contributed by atoms with Gasteiger partial charge in [-0.05, 0) is 18.6 Å². The van der Waals surface area contributed by atoms with Crippen molar-refractivity contribution in [3.05, 3.63) is 41.1 Å². The van der Waals surface area contributed by atoms with Gasteiger partial charge in [0.1, 0.15) is 11.7 Å². The molecule has 0 spiro atoms. The molecule has 2 aromatic rings. The first kappa shape index (κ1) is 15.5. The third-order valence-electron chi connectivity index (χ3n) is 3.10. The Bertz CT molecular complexity index is 595. The van der Waals surface area contributed by atoms with Crippen molar-refractivity contribution in [2.24, 2.45) is 0 Å². The van der Waals surface area contributed by atoms with Crippen LogP contribution in [0.1, 0.15) is 25.5 Å². The molecule has 0 saturated heterocycles. The summed E-state index contributed by atoms with van der Waals surface area (Å²) in [5.74, 6) is -0.253. The number of carbonyl (C=O) groups is 1. The zero-order chi connectivity index (χ0) is 15.2. The Morgan fingerprint density at radius 1 is 1.43 bits per heavy atom. The second-order valence-electron chi connectivity index (χ2n) is 4.75. The van der Waals surface area contributed by atoms with Gasteiger partial charge < -0.3 is 9.63 Å². The van der Waals surface area contributed by atoms with Gasteiger partial charge in [-0.1, -0.05) is 42.2 Å². The molecule has 0 aliphatic rings. The number of hydrogen-bond acceptors (Lipinski definition) is 4. The van der Waals surface area contributed by atoms with Crippen LogP contribution in [0, 0.1) is 0 Å². The highest BCUT2D eigenvalue weighted by Crippen LogP contribution is 2.21. The van der Waals surface area contributed by atoms with Crippen LogP contribution in [0.4, 0.5) is 0 Å². The summed E-state index contributed by atoms with van der Waals surface area (Å²) in [6.07, 6.45) is 1.38. The first-order chi connectivity index (χ1) is 10.1. The summed E-state index contributed by atoms with van der Waals surface area (Å²) in [4.78, 5) is 11.0. The monoisotopic (exact) mass is 308 g/mol. The molecule has 1 aromatic carbocycles. The van der Waals surface area contributed by atoms with Crippen molar-refractivity contribution in [2.75, 3.05) is 0 Å². The molecule has 112 valence electrons. The Balaban J connectivity index is 2.00. The van der Waals surface area contributed by atoms with E-state index in [4.69, 9.17) is 21.2 Å². The number of carboxylic acids is 1. The van der Waals surface area contributed by atoms with Crippen LogP contribution >= 0.6 is 11.6 Å². The molecule has 0 fully saturated rings. The molecule has 0 saturated carbocycles. The van der Waals surface area contributed by atoms with E-state index in [1.54, 1.807) is 18.2 Å². The Morgan fingerprint density at radius 3 is 2.76 bits per heavy atom. The average molecular weight is 309 g/mol. The molecule has 1 unspecified atom stereocenters. The molecule has 0 bridgehead atoms. The standard InChI is InChI=1S/C15H17ClN2O3/c1-2-3-13(15(19)20)17-9-12-8-14(18-21-12)10-4-6-11(16)7-5-10/h4-8,13,17H,2-3,9H2,1H3,(H,19,20). The SMILES string of the molecule is CCCC(NCc1cc(-c2ccc(Cl)cc2)no1)C(=O)O. The van der Waals surface area contributed by atoms with Gasteiger partial charge in [0, 0.05) is 16.7 Å². The van der Waals surface area contributed by atoms with Crippen LogP contribution in [-0.2, 0) is 11.3 Å². The first-order valence-corrected chi connectivity index (χ1v) is 7.15. The molecule has 1 aromatic heterocycles. The van der Waals surface area contributed by atoms with E-state index in [9.17, 15) is 4.79 Å². The second-order valence-corrected chi connectivity index (χ2v) is 5.18. The van der Waals surface area contributed by atoms with Crippen molar-refractivity contribution >= 4 is 17.6 Å². The topological polar surface area (TPSA) is 75.4 Å². The van der Waals surface area contributed by atoms with Gasteiger partial charge in [0.05, 0.1) is 6.54 Å². The molecule has 5 nitrogen and oxygen atoms in total. The minimum absolute atomic E-state index is 0.331. The molecular weight excluding hydrogens is 292 g/mol. The third kappa shape index (κ3) is 4.31. The number of carboxylic acid groups (broad SMARTS) is 1. The quantitative estimate of drug-likeness (QED) is 0.820. The normalized spacial score (nSPS) is 12.3. The summed E-state index contributed by atoms with van der Waals surface area (Å²) in [6.45, 7) is 2.28. The molecule has 2 N–H and O–H groups in total. The smallest absolute Gasteiger partial charge is 0.320 e. The molecule has 1 atom stereocenters. The van der Waals surface area contributed by atoms with Crippen LogP contribution < -0.4 is 5.32 Å². The molecule has 0 aliphatic heterocycles. The van der Waals surface area contributed by atoms with Crippen molar-refractivity contribution in [3.8, 4) is 11.3 Å². The van der Waals surface area contributed by atoms with Crippen molar-refractivity contribution in [1.82, 2.24) is 10.5 Å². The van der Waals surface area contributed by atoms with Crippen molar-refractivity contribution in [2.45, 2.75) is 32.4 Å². The summed E-state index contributed by atoms with van der Waals surface area (Å²) < 4.78 is 5.22. The maximum atomic E-state index is 11.0. The summed E-state index contributed by atoms with van der Waals surface area (Å²) >= 11 is 5.84. The van der Waals surface area contributed by atoms with Gasteiger partial charge in [0.25, 0.3) is 0 Å². The highest BCUT2D eigenvalue weighted by atomic mass is 35.5. The number of hydrogen-bond donors (Lipinski definition) is 2. The fourth-order valence-electron chi connectivity index (χ4n) is 1.98. The summed E-state index contributed by atoms with van der Waals surface area (Å²) in [7, 11) is 0. The van der Waals surface area contributed by atoms with Crippen LogP contribution in [0.25, 0.3) is 11.3 Å². The van der Waals surface area contributed by atoms with Gasteiger partial charge >= 0.3 is 5.97 Å². The van der Waals surface area contributed by atoms with Gasteiger partial charge in [-0.25, -0.2) is 0 Å². The van der Waals surface area contributed by atoms with Gasteiger partial charge in [-0.3, -0.25) is 10.1 Å². The zero-order valence-corrected chi connectivity index (χ0v) is 12.4. The number of nitrogens with zero attached hydrogens (tertiary/aromatic N) is 1. The minimum atomic E-state index is -0.853. The van der Waals surface area contributed by atoms with Crippen molar-refractivity contribution in [1.29, 1.82) is 0 Å². The van der Waals surface area contributed by atoms with E-state index in [0.717, 1.165) is 12.0 Å². The van der Waals surface area contributed by atoms with Crippen LogP contribution in [0.3, 0.4) is 0 Å². The highest BCUT2D eigenvalue weighted by Gasteiger charge is 2.16. The number of aliphatic carboxylic acids is 1. The summed E-state index contributed by atoms with van der Waals surface area (Å²) in [5, 5.41) is 16.7. The van der Waals surface area contributed by atoms with E-state index in [1.807, 2.05) is 19.1 Å². The van der Waals surface area contributed by atoms with E-state index >= 15 is 0 Å². The van der Waals surface area contributed by atoms with E-state index in [1.165, 1.54) is 0 Å². The Kier molecular flexibility index (Phi) is 5.36. The predicted molar refractivity (Wildman–Crippen MR) is 80.1 cm³/mol. The molecule has 0 amide bonds. The van der Waals surface area contributed by atoms with E-state index in [-0.39, 0.29) is 0 Å². The zero-order valence-electron chi connectivity index (χ0n) is 11.7. The fourth-order valence-corrected chi connectivity index (χ4v) is 2.10. The number of rotatable bonds is 7. The Hall–Kier alpha value is -1.85. The molecule has 21 heavy (non-hydrogen) atoms. The van der Waals surface area contributed by atoms with E-state index < -0.39 is 12.0 Å². The van der Waals surface area contributed by atoms with Gasteiger partial charge in [0.2, 0.25) is 0 Å². The van der Waals surface area contributed by atoms with E-state index in [0.29, 0.717) is 29.4 Å². The lowest BCUT2D eigenvalue weighted by atomic mass is 10.1. The Morgan fingerprint density at radius 2 is 2.14 bits per heavy atom. The lowest BCUT2D eigenvalue weighted by Gasteiger charge is -2.11. The maximum absolute atomic E-state index is 11.0. The lowest BCUT2D eigenvalue weighted by molar-refractivity contribution is -0.139. The van der Waals surface area contributed by atoms with Crippen LogP contribution in [0.15, 0.2) is 34.9 Å². The highest BCUT2D eigenvalue weighted by molar-refractivity contribution is 6.30. The molecule has 6 heteroatoms. The fraction of sp³-hybridized carbons (Fsp3) is 0.333. The van der Waals surface area contributed by atoms with Crippen LogP contribution in [0.2, 0.25) is 5.02 Å². The molecule has 2 rings (SSSR count). The summed E-state index contributed by atoms with van der Waals surface area (Å²) in [5.41, 5.74) is 1.60. The lowest BCUT2D eigenvalue weighted by Crippen LogP contribution is -2.35. The van der Waals surface area contributed by atoms with Crippen LogP contribution in [0.5, 0.6) is 0 Å². The first-order valence-electron chi connectivity index (χ1n) is 6.78. The van der Waals surface area contributed by atoms with Gasteiger partial charge in [0.15, 0.2) is 5.76 Å². The second kappa shape index (κ2) is 7.24. The predicted octanol–water partition coefficient (Wildman–Crippen LogP) is 3.34. The molecule has 0 radical (unpaired) electrons. The number of aromatic nitrogens is 1. The average Bonchev–Trinajstić information content (AvgIpc) is 2.92. The minimum Gasteiger partial charge on any atom is -0.480 e. The Labute approximate surface area is 127 Å². The van der Waals surface area contributed by atoms with Crippen molar-refractivity contribution < 1.29 is 14.4 Å². The maximum Gasteiger partial charge on any atom is 0.320 e. The number of nitrogens with one attached hydrogen (secondary N) is 1. The largest absolute Gasteiger partial charge is 0.480 e. The summed E-state index contributed by atoms with van der Waals surface area (Å²) in [6, 6.07) is 8.50. The van der Waals surface area contributed by atoms with Crippen molar-refractivity contribution in [3.63, 3.8) is 0 Å². The number of halogens is 1. The van der Waals surface area contributed by atoms with Gasteiger partial charge in [-0.2, -0.15) is 0 Å². The molecule has 1 heterocycles. The number of benzene rings is 1. The van der Waals surface area contributed by atoms with E-state index in [2.05, 4.69) is 10.5 Å². The van der Waals surface area contributed by atoms with Crippen LogP contribution in [-0.4, -0.2) is 22.3 Å². The molecular formula is C15H17ClN2O3. The third-order valence-corrected chi connectivity index (χ3v) is 3.35. The molecule has 0 aliphatic carbocycles. The van der Waals surface area contributed by atoms with Gasteiger partial charge in [-0.15, -0.1) is 0 Å².